The van der Waals surface area contributed by atoms with Crippen LogP contribution in [0.1, 0.15) is 72.1 Å². The van der Waals surface area contributed by atoms with Crippen LogP contribution in [0.15, 0.2) is 5.11 Å². The Labute approximate surface area is 350 Å². The van der Waals surface area contributed by atoms with Crippen LogP contribution in [0.2, 0.25) is 0 Å². The van der Waals surface area contributed by atoms with E-state index in [0.717, 1.165) is 0 Å². The van der Waals surface area contributed by atoms with Crippen molar-refractivity contribution in [3.05, 3.63) is 10.4 Å². The number of carbonyl (C=O) groups excluding carboxylic acids is 6. The highest BCUT2D eigenvalue weighted by atomic mass is 16.5. The molecule has 0 aliphatic rings. The Morgan fingerprint density at radius 1 is 0.557 bits per heavy atom. The lowest BCUT2D eigenvalue weighted by atomic mass is 10.0. The van der Waals surface area contributed by atoms with Crippen molar-refractivity contribution in [2.75, 3.05) is 52.7 Å². The van der Waals surface area contributed by atoms with Gasteiger partial charge in [-0.15, -0.1) is 0 Å². The van der Waals surface area contributed by atoms with Crippen molar-refractivity contribution >= 4 is 59.3 Å². The second kappa shape index (κ2) is 31.8. The van der Waals surface area contributed by atoms with Crippen LogP contribution in [-0.4, -0.2) is 163 Å². The summed E-state index contributed by atoms with van der Waals surface area (Å²) in [5.74, 6) is -12.2. The molecule has 5 atom stereocenters. The van der Waals surface area contributed by atoms with Crippen LogP contribution < -0.4 is 31.9 Å². The molecule has 0 aromatic rings. The van der Waals surface area contributed by atoms with Gasteiger partial charge in [-0.2, -0.15) is 0 Å². The predicted octanol–water partition coefficient (Wildman–Crippen LogP) is -1.98. The number of ether oxygens (including phenoxy) is 3. The molecule has 26 heteroatoms. The van der Waals surface area contributed by atoms with Gasteiger partial charge >= 0.3 is 23.9 Å². The molecule has 0 aliphatic heterocycles. The topological polar surface area (TPSA) is 400 Å². The van der Waals surface area contributed by atoms with Gasteiger partial charge in [0.2, 0.25) is 35.4 Å². The number of nitrogens with zero attached hydrogens (tertiary/aromatic N) is 3. The highest BCUT2D eigenvalue weighted by Gasteiger charge is 2.34. The number of carbonyl (C=O) groups is 10. The van der Waals surface area contributed by atoms with E-state index in [1.807, 2.05) is 5.32 Å². The number of nitrogens with one attached hydrogen (secondary N) is 6. The van der Waals surface area contributed by atoms with Gasteiger partial charge in [-0.25, -0.2) is 0 Å². The maximum atomic E-state index is 13.4. The van der Waals surface area contributed by atoms with Crippen LogP contribution in [0.25, 0.3) is 10.4 Å². The largest absolute Gasteiger partial charge is 0.481 e. The molecule has 0 fully saturated rings. The molecular formula is C35H57N9O17. The molecule has 0 radical (unpaired) electrons. The van der Waals surface area contributed by atoms with Gasteiger partial charge in [0, 0.05) is 24.5 Å². The highest BCUT2D eigenvalue weighted by molar-refractivity contribution is 5.98. The molecule has 1 unspecified atom stereocenters. The maximum absolute atomic E-state index is 13.4. The van der Waals surface area contributed by atoms with Gasteiger partial charge in [0.15, 0.2) is 0 Å². The van der Waals surface area contributed by atoms with E-state index in [0.29, 0.717) is 45.7 Å². The third-order valence-corrected chi connectivity index (χ3v) is 8.07. The Bertz CT molecular complexity index is 1540. The van der Waals surface area contributed by atoms with Crippen molar-refractivity contribution in [3.8, 4) is 0 Å². The Morgan fingerprint density at radius 2 is 1.07 bits per heavy atom. The summed E-state index contributed by atoms with van der Waals surface area (Å²) in [5, 5.41) is 53.2. The van der Waals surface area contributed by atoms with Gasteiger partial charge in [0.25, 0.3) is 0 Å². The minimum absolute atomic E-state index is 0.0825. The van der Waals surface area contributed by atoms with Gasteiger partial charge in [0.05, 0.1) is 52.3 Å². The molecule has 0 aromatic carbocycles. The Balaban J connectivity index is 5.28. The summed E-state index contributed by atoms with van der Waals surface area (Å²) in [7, 11) is 0. The lowest BCUT2D eigenvalue weighted by molar-refractivity contribution is -0.142. The van der Waals surface area contributed by atoms with Gasteiger partial charge in [0.1, 0.15) is 36.8 Å². The van der Waals surface area contributed by atoms with Crippen molar-refractivity contribution in [1.82, 2.24) is 31.9 Å². The molecule has 0 heterocycles. The molecule has 26 nitrogen and oxygen atoms in total. The first-order chi connectivity index (χ1) is 28.8. The monoisotopic (exact) mass is 875 g/mol. The fourth-order valence-electron chi connectivity index (χ4n) is 4.91. The number of aliphatic carboxylic acids is 4. The third-order valence-electron chi connectivity index (χ3n) is 8.07. The van der Waals surface area contributed by atoms with E-state index in [1.54, 1.807) is 0 Å². The first kappa shape index (κ1) is 54.9. The van der Waals surface area contributed by atoms with E-state index in [9.17, 15) is 63.3 Å². The number of amides is 6. The Morgan fingerprint density at radius 3 is 1.61 bits per heavy atom. The number of azide groups is 1. The van der Waals surface area contributed by atoms with Crippen LogP contribution in [0.5, 0.6) is 0 Å². The van der Waals surface area contributed by atoms with Gasteiger partial charge in [-0.05, 0) is 44.1 Å². The molecule has 0 bridgehead atoms. The number of hydrogen-bond acceptors (Lipinski definition) is 14. The molecule has 0 saturated heterocycles. The molecule has 10 N–H and O–H groups in total. The lowest BCUT2D eigenvalue weighted by Crippen LogP contribution is -2.60. The first-order valence-electron chi connectivity index (χ1n) is 19.2. The molecule has 6 amide bonds. The molecule has 344 valence electrons. The standard InChI is InChI=1S/C35H57N9O17/c1-20(2)30(43-32(55)22(7-8-26(46)47)41-34(57)23(17-28(50)51)40-25(45)19-38-44-36)35(58)42-24(18-29(52)53)33(56)39-21(3)31(54)37-10-5-4-6-11-59-13-15-61-16-14-60-12-9-27(48)49/h20-24,30H,4-19H2,1-3H3,(H,37,54)(H,39,56)(H,40,45)(H,41,57)(H,42,58)(H,43,55)(H,46,47)(H,48,49)(H,50,51)(H,52,53)/t21-,22-,23-,24-,30?/m0/s1. The second-order valence-electron chi connectivity index (χ2n) is 13.6. The zero-order valence-corrected chi connectivity index (χ0v) is 34.2. The van der Waals surface area contributed by atoms with Crippen LogP contribution >= 0.6 is 0 Å². The average molecular weight is 876 g/mol. The quantitative estimate of drug-likeness (QED) is 0.0143. The number of carboxylic acids is 4. The molecule has 0 spiro atoms. The minimum atomic E-state index is -1.80. The zero-order chi connectivity index (χ0) is 46.3. The van der Waals surface area contributed by atoms with Gasteiger partial charge in [-0.1, -0.05) is 19.0 Å². The van der Waals surface area contributed by atoms with E-state index in [1.165, 1.54) is 20.8 Å². The summed E-state index contributed by atoms with van der Waals surface area (Å²) < 4.78 is 15.9. The van der Waals surface area contributed by atoms with Gasteiger partial charge < -0.3 is 66.5 Å². The Hall–Kier alpha value is -6.11. The predicted molar refractivity (Wildman–Crippen MR) is 207 cm³/mol. The number of unbranched alkanes of at least 4 members (excludes halogenated alkanes) is 2. The van der Waals surface area contributed by atoms with Crippen LogP contribution in [0.3, 0.4) is 0 Å². The average Bonchev–Trinajstić information content (AvgIpc) is 3.17. The molecule has 0 rings (SSSR count). The third kappa shape index (κ3) is 27.3. The highest BCUT2D eigenvalue weighted by Crippen LogP contribution is 2.08. The first-order valence-corrected chi connectivity index (χ1v) is 19.2. The van der Waals surface area contributed by atoms with Crippen molar-refractivity contribution < 1.29 is 82.6 Å². The Kier molecular flexibility index (Phi) is 28.6. The van der Waals surface area contributed by atoms with E-state index in [2.05, 4.69) is 36.6 Å². The normalized spacial score (nSPS) is 13.2. The fraction of sp³-hybridized carbons (Fsp3) is 0.714. The molecule has 61 heavy (non-hydrogen) atoms. The van der Waals surface area contributed by atoms with E-state index in [4.69, 9.17) is 24.8 Å². The fourth-order valence-corrected chi connectivity index (χ4v) is 4.91. The SMILES string of the molecule is CC(C)C(NC(=O)[C@H](CCC(=O)O)NC(=O)[C@H](CC(=O)O)NC(=O)CN=[N+]=[N-])C(=O)N[C@@H](CC(=O)O)C(=O)N[C@@H](C)C(=O)NCCCCCOCCOCCOCCC(=O)O. The molecule has 0 aromatic heterocycles. The van der Waals surface area contributed by atoms with Crippen molar-refractivity contribution in [2.24, 2.45) is 11.0 Å². The second-order valence-corrected chi connectivity index (χ2v) is 13.6. The summed E-state index contributed by atoms with van der Waals surface area (Å²) >= 11 is 0. The summed E-state index contributed by atoms with van der Waals surface area (Å²) in [4.78, 5) is 125. The summed E-state index contributed by atoms with van der Waals surface area (Å²) in [6, 6.07) is -7.93. The van der Waals surface area contributed by atoms with Crippen molar-refractivity contribution in [2.45, 2.75) is 102 Å². The van der Waals surface area contributed by atoms with E-state index in [-0.39, 0.29) is 26.2 Å². The molecular weight excluding hydrogens is 818 g/mol. The van der Waals surface area contributed by atoms with E-state index >= 15 is 0 Å². The smallest absolute Gasteiger partial charge is 0.305 e. The van der Waals surface area contributed by atoms with Gasteiger partial charge in [-0.3, -0.25) is 47.9 Å². The minimum Gasteiger partial charge on any atom is -0.481 e. The molecule has 0 saturated carbocycles. The maximum Gasteiger partial charge on any atom is 0.305 e. The number of carboxylic acid groups (broad SMARTS) is 4. The molecule has 0 aliphatic carbocycles. The van der Waals surface area contributed by atoms with Crippen molar-refractivity contribution in [1.29, 1.82) is 0 Å². The van der Waals surface area contributed by atoms with E-state index < -0.39 is 128 Å². The van der Waals surface area contributed by atoms with Crippen molar-refractivity contribution in [3.63, 3.8) is 0 Å². The number of rotatable bonds is 35. The summed E-state index contributed by atoms with van der Waals surface area (Å²) in [6.07, 6.45) is -1.33. The number of hydrogen-bond donors (Lipinski definition) is 10. The van der Waals surface area contributed by atoms with Crippen LogP contribution in [0, 0.1) is 5.92 Å². The summed E-state index contributed by atoms with van der Waals surface area (Å²) in [5.41, 5.74) is 8.41. The lowest BCUT2D eigenvalue weighted by Gasteiger charge is -2.28. The zero-order valence-electron chi connectivity index (χ0n) is 34.2. The van der Waals surface area contributed by atoms with Crippen LogP contribution in [-0.2, 0) is 62.2 Å². The summed E-state index contributed by atoms with van der Waals surface area (Å²) in [6.45, 7) is 5.51. The van der Waals surface area contributed by atoms with Crippen LogP contribution in [0.4, 0.5) is 0 Å².